The number of anilines is 1. The van der Waals surface area contributed by atoms with Gasteiger partial charge in [0.15, 0.2) is 16.4 Å². The lowest BCUT2D eigenvalue weighted by Crippen LogP contribution is -2.43. The van der Waals surface area contributed by atoms with Crippen LogP contribution in [0.1, 0.15) is 22.3 Å². The number of amides is 1. The topological polar surface area (TPSA) is 80.8 Å². The summed E-state index contributed by atoms with van der Waals surface area (Å²) in [7, 11) is -3.16. The largest absolute Gasteiger partial charge is 0.452 e. The van der Waals surface area contributed by atoms with E-state index in [2.05, 4.69) is 0 Å². The van der Waals surface area contributed by atoms with E-state index in [1.165, 1.54) is 4.90 Å². The van der Waals surface area contributed by atoms with Crippen LogP contribution in [0.15, 0.2) is 54.6 Å². The number of hydrogen-bond donors (Lipinski definition) is 0. The monoisotopic (exact) mass is 387 g/mol. The van der Waals surface area contributed by atoms with Gasteiger partial charge in [-0.1, -0.05) is 35.9 Å². The summed E-state index contributed by atoms with van der Waals surface area (Å²) in [5.41, 5.74) is 1.97. The Morgan fingerprint density at radius 3 is 2.33 bits per heavy atom. The van der Waals surface area contributed by atoms with E-state index >= 15 is 0 Å². The molecule has 3 rings (SSSR count). The first kappa shape index (κ1) is 19.1. The lowest BCUT2D eigenvalue weighted by atomic mass is 10.1. The molecule has 0 saturated carbocycles. The van der Waals surface area contributed by atoms with Crippen LogP contribution in [0.25, 0.3) is 0 Å². The van der Waals surface area contributed by atoms with E-state index in [1.807, 2.05) is 13.0 Å². The zero-order valence-corrected chi connectivity index (χ0v) is 15.8. The minimum atomic E-state index is -3.16. The molecule has 2 aromatic carbocycles. The van der Waals surface area contributed by atoms with Crippen molar-refractivity contribution in [3.8, 4) is 0 Å². The molecule has 7 heteroatoms. The molecule has 0 bridgehead atoms. The van der Waals surface area contributed by atoms with Crippen LogP contribution in [0.2, 0.25) is 0 Å². The van der Waals surface area contributed by atoms with Crippen molar-refractivity contribution in [2.24, 2.45) is 0 Å². The van der Waals surface area contributed by atoms with Gasteiger partial charge in [0, 0.05) is 5.69 Å². The molecule has 0 unspecified atom stereocenters. The van der Waals surface area contributed by atoms with Crippen LogP contribution in [0.5, 0.6) is 0 Å². The normalized spacial score (nSPS) is 18.0. The standard InChI is InChI=1S/C20H21NO5S/c1-15-7-9-16(10-8-15)20(23)26-13-19(22)21(17-5-3-2-4-6-17)18-11-12-27(24,25)14-18/h2-10,18H,11-14H2,1H3/t18-/m1/s1. The molecule has 0 aliphatic carbocycles. The fourth-order valence-electron chi connectivity index (χ4n) is 3.10. The molecular weight excluding hydrogens is 366 g/mol. The summed E-state index contributed by atoms with van der Waals surface area (Å²) in [4.78, 5) is 26.4. The summed E-state index contributed by atoms with van der Waals surface area (Å²) in [5.74, 6) is -1.06. The Hall–Kier alpha value is -2.67. The van der Waals surface area contributed by atoms with Crippen molar-refractivity contribution in [2.75, 3.05) is 23.0 Å². The smallest absolute Gasteiger partial charge is 0.338 e. The SMILES string of the molecule is Cc1ccc(C(=O)OCC(=O)N(c2ccccc2)[C@@H]2CCS(=O)(=O)C2)cc1. The van der Waals surface area contributed by atoms with Crippen molar-refractivity contribution in [1.82, 2.24) is 0 Å². The van der Waals surface area contributed by atoms with E-state index in [4.69, 9.17) is 4.74 Å². The lowest BCUT2D eigenvalue weighted by molar-refractivity contribution is -0.122. The fraction of sp³-hybridized carbons (Fsp3) is 0.300. The maximum atomic E-state index is 12.8. The molecule has 1 fully saturated rings. The molecular formula is C20H21NO5S. The summed E-state index contributed by atoms with van der Waals surface area (Å²) in [5, 5.41) is 0. The average Bonchev–Trinajstić information content (AvgIpc) is 3.00. The molecule has 1 saturated heterocycles. The Kier molecular flexibility index (Phi) is 5.60. The summed E-state index contributed by atoms with van der Waals surface area (Å²) in [6, 6.07) is 15.2. The lowest BCUT2D eigenvalue weighted by Gasteiger charge is -2.28. The Morgan fingerprint density at radius 1 is 1.07 bits per heavy atom. The molecule has 1 aliphatic heterocycles. The van der Waals surface area contributed by atoms with Gasteiger partial charge in [0.1, 0.15) is 0 Å². The second-order valence-corrected chi connectivity index (χ2v) is 8.83. The van der Waals surface area contributed by atoms with E-state index in [0.717, 1.165) is 5.56 Å². The minimum Gasteiger partial charge on any atom is -0.452 e. The molecule has 1 aliphatic rings. The number of carbonyl (C=O) groups excluding carboxylic acids is 2. The quantitative estimate of drug-likeness (QED) is 0.736. The molecule has 0 N–H and O–H groups in total. The van der Waals surface area contributed by atoms with E-state index in [9.17, 15) is 18.0 Å². The van der Waals surface area contributed by atoms with Gasteiger partial charge in [0.05, 0.1) is 23.1 Å². The highest BCUT2D eigenvalue weighted by Gasteiger charge is 2.35. The first-order valence-electron chi connectivity index (χ1n) is 8.67. The third kappa shape index (κ3) is 4.74. The first-order chi connectivity index (χ1) is 12.9. The Morgan fingerprint density at radius 2 is 1.74 bits per heavy atom. The fourth-order valence-corrected chi connectivity index (χ4v) is 4.80. The van der Waals surface area contributed by atoms with Crippen LogP contribution in [-0.4, -0.2) is 44.4 Å². The molecule has 0 radical (unpaired) electrons. The Labute approximate surface area is 158 Å². The number of esters is 1. The summed E-state index contributed by atoms with van der Waals surface area (Å²) in [6.45, 7) is 1.46. The highest BCUT2D eigenvalue weighted by atomic mass is 32.2. The molecule has 1 atom stereocenters. The van der Waals surface area contributed by atoms with E-state index in [0.29, 0.717) is 17.7 Å². The maximum absolute atomic E-state index is 12.8. The second-order valence-electron chi connectivity index (χ2n) is 6.60. The number of hydrogen-bond acceptors (Lipinski definition) is 5. The zero-order chi connectivity index (χ0) is 19.4. The van der Waals surface area contributed by atoms with Gasteiger partial charge in [-0.2, -0.15) is 0 Å². The van der Waals surface area contributed by atoms with Gasteiger partial charge < -0.3 is 9.64 Å². The number of aryl methyl sites for hydroxylation is 1. The van der Waals surface area contributed by atoms with E-state index < -0.39 is 34.4 Å². The number of sulfone groups is 1. The molecule has 6 nitrogen and oxygen atoms in total. The van der Waals surface area contributed by atoms with Crippen LogP contribution in [0.3, 0.4) is 0 Å². The Balaban J connectivity index is 1.73. The van der Waals surface area contributed by atoms with Crippen LogP contribution in [-0.2, 0) is 19.4 Å². The van der Waals surface area contributed by atoms with Crippen LogP contribution < -0.4 is 4.90 Å². The molecule has 1 amide bonds. The van der Waals surface area contributed by atoms with Crippen molar-refractivity contribution in [1.29, 1.82) is 0 Å². The zero-order valence-electron chi connectivity index (χ0n) is 15.0. The van der Waals surface area contributed by atoms with Crippen LogP contribution in [0, 0.1) is 6.92 Å². The number of rotatable bonds is 5. The van der Waals surface area contributed by atoms with E-state index in [-0.39, 0.29) is 11.5 Å². The van der Waals surface area contributed by atoms with Crippen LogP contribution >= 0.6 is 0 Å². The average molecular weight is 387 g/mol. The van der Waals surface area contributed by atoms with Gasteiger partial charge >= 0.3 is 5.97 Å². The predicted octanol–water partition coefficient (Wildman–Crippen LogP) is 2.37. The predicted molar refractivity (Wildman–Crippen MR) is 102 cm³/mol. The number of benzene rings is 2. The molecule has 2 aromatic rings. The summed E-state index contributed by atoms with van der Waals surface area (Å²) >= 11 is 0. The second kappa shape index (κ2) is 7.92. The molecule has 0 spiro atoms. The Bertz CT molecular complexity index is 923. The number of nitrogens with zero attached hydrogens (tertiary/aromatic N) is 1. The summed E-state index contributed by atoms with van der Waals surface area (Å²) in [6.07, 6.45) is 0.370. The molecule has 1 heterocycles. The van der Waals surface area contributed by atoms with Crippen molar-refractivity contribution in [3.05, 3.63) is 65.7 Å². The van der Waals surface area contributed by atoms with Gasteiger partial charge in [-0.15, -0.1) is 0 Å². The van der Waals surface area contributed by atoms with Gasteiger partial charge in [0.25, 0.3) is 5.91 Å². The highest BCUT2D eigenvalue weighted by Crippen LogP contribution is 2.24. The van der Waals surface area contributed by atoms with Crippen molar-refractivity contribution < 1.29 is 22.7 Å². The van der Waals surface area contributed by atoms with Crippen LogP contribution in [0.4, 0.5) is 5.69 Å². The number of para-hydroxylation sites is 1. The molecule has 27 heavy (non-hydrogen) atoms. The first-order valence-corrected chi connectivity index (χ1v) is 10.5. The molecule has 0 aromatic heterocycles. The number of carbonyl (C=O) groups is 2. The van der Waals surface area contributed by atoms with Gasteiger partial charge in [-0.05, 0) is 37.6 Å². The maximum Gasteiger partial charge on any atom is 0.338 e. The van der Waals surface area contributed by atoms with Crippen molar-refractivity contribution in [3.63, 3.8) is 0 Å². The van der Waals surface area contributed by atoms with E-state index in [1.54, 1.807) is 48.5 Å². The van der Waals surface area contributed by atoms with Gasteiger partial charge in [0.2, 0.25) is 0 Å². The van der Waals surface area contributed by atoms with Gasteiger partial charge in [-0.3, -0.25) is 4.79 Å². The number of ether oxygens (including phenoxy) is 1. The third-order valence-electron chi connectivity index (χ3n) is 4.49. The van der Waals surface area contributed by atoms with Gasteiger partial charge in [-0.25, -0.2) is 13.2 Å². The minimum absolute atomic E-state index is 0.0530. The summed E-state index contributed by atoms with van der Waals surface area (Å²) < 4.78 is 28.9. The van der Waals surface area contributed by atoms with Crippen molar-refractivity contribution in [2.45, 2.75) is 19.4 Å². The third-order valence-corrected chi connectivity index (χ3v) is 6.24. The van der Waals surface area contributed by atoms with Crippen molar-refractivity contribution >= 4 is 27.4 Å². The molecule has 142 valence electrons. The highest BCUT2D eigenvalue weighted by molar-refractivity contribution is 7.91.